The fourth-order valence-electron chi connectivity index (χ4n) is 4.65. The summed E-state index contributed by atoms with van der Waals surface area (Å²) in [6.45, 7) is 9.33. The molecule has 1 atom stereocenters. The van der Waals surface area contributed by atoms with Crippen molar-refractivity contribution in [3.05, 3.63) is 46.5 Å². The molecule has 0 aromatic carbocycles. The summed E-state index contributed by atoms with van der Waals surface area (Å²) in [5.41, 5.74) is 6.66. The molecule has 0 spiro atoms. The molecule has 2 amide bonds. The Kier molecular flexibility index (Phi) is 3.60. The zero-order valence-electron chi connectivity index (χ0n) is 16.0. The number of nitrogens with zero attached hydrogens (tertiary/aromatic N) is 6. The van der Waals surface area contributed by atoms with Gasteiger partial charge < -0.3 is 14.7 Å². The number of aryl methyl sites for hydroxylation is 3. The quantitative estimate of drug-likeness (QED) is 0.818. The van der Waals surface area contributed by atoms with Crippen molar-refractivity contribution in [1.82, 2.24) is 25.0 Å². The highest BCUT2D eigenvalue weighted by molar-refractivity contribution is 5.78. The van der Waals surface area contributed by atoms with Crippen LogP contribution in [0.5, 0.6) is 0 Å². The standard InChI is InChI=1S/C20H24N6O/c1-12-6-13(2)22-19-17(12)11-26-18(19)4-5-25(20(26)27)16-9-24(10-16)15-7-14(3)23-21-8-15/h6-8,16,18H,4-5,9-11H2,1-3H3. The van der Waals surface area contributed by atoms with Crippen LogP contribution in [-0.2, 0) is 6.54 Å². The Bertz CT molecular complexity index is 923. The third-order valence-electron chi connectivity index (χ3n) is 6.09. The van der Waals surface area contributed by atoms with Gasteiger partial charge in [-0.15, -0.1) is 0 Å². The summed E-state index contributed by atoms with van der Waals surface area (Å²) in [6, 6.07) is 4.74. The van der Waals surface area contributed by atoms with Gasteiger partial charge in [-0.2, -0.15) is 10.2 Å². The lowest BCUT2D eigenvalue weighted by molar-refractivity contribution is 0.0757. The van der Waals surface area contributed by atoms with Crippen LogP contribution in [0.25, 0.3) is 0 Å². The smallest absolute Gasteiger partial charge is 0.321 e. The lowest BCUT2D eigenvalue weighted by Gasteiger charge is -2.49. The number of urea groups is 1. The number of aromatic nitrogens is 3. The van der Waals surface area contributed by atoms with E-state index in [-0.39, 0.29) is 18.1 Å². The molecule has 140 valence electrons. The number of hydrogen-bond acceptors (Lipinski definition) is 5. The maximum absolute atomic E-state index is 13.2. The third kappa shape index (κ3) is 2.56. The molecule has 3 aliphatic rings. The molecular formula is C20H24N6O. The first-order chi connectivity index (χ1) is 13.0. The molecule has 0 bridgehead atoms. The fraction of sp³-hybridized carbons (Fsp3) is 0.500. The minimum Gasteiger partial charge on any atom is -0.366 e. The number of rotatable bonds is 2. The lowest BCUT2D eigenvalue weighted by Crippen LogP contribution is -2.64. The summed E-state index contributed by atoms with van der Waals surface area (Å²) in [5.74, 6) is 0. The van der Waals surface area contributed by atoms with Gasteiger partial charge in [0.25, 0.3) is 0 Å². The number of anilines is 1. The summed E-state index contributed by atoms with van der Waals surface area (Å²) in [7, 11) is 0. The van der Waals surface area contributed by atoms with Crippen molar-refractivity contribution in [2.24, 2.45) is 0 Å². The predicted molar refractivity (Wildman–Crippen MR) is 101 cm³/mol. The van der Waals surface area contributed by atoms with Crippen molar-refractivity contribution in [1.29, 1.82) is 0 Å². The van der Waals surface area contributed by atoms with Crippen molar-refractivity contribution >= 4 is 11.7 Å². The maximum atomic E-state index is 13.2. The molecule has 5 rings (SSSR count). The third-order valence-corrected chi connectivity index (χ3v) is 6.09. The monoisotopic (exact) mass is 364 g/mol. The average molecular weight is 364 g/mol. The SMILES string of the molecule is Cc1cc(N2CC(N3CCC4c5nc(C)cc(C)c5CN4C3=O)C2)cnn1. The topological polar surface area (TPSA) is 65.5 Å². The second-order valence-electron chi connectivity index (χ2n) is 7.97. The Labute approximate surface area is 159 Å². The number of fused-ring (bicyclic) bond motifs is 3. The van der Waals surface area contributed by atoms with Gasteiger partial charge in [-0.05, 0) is 50.5 Å². The molecule has 5 heterocycles. The van der Waals surface area contributed by atoms with Gasteiger partial charge in [0, 0.05) is 25.3 Å². The van der Waals surface area contributed by atoms with E-state index in [0.29, 0.717) is 6.54 Å². The van der Waals surface area contributed by atoms with Crippen molar-refractivity contribution in [3.8, 4) is 0 Å². The van der Waals surface area contributed by atoms with E-state index in [1.54, 1.807) is 6.20 Å². The lowest BCUT2D eigenvalue weighted by atomic mass is 10.0. The first-order valence-electron chi connectivity index (χ1n) is 9.60. The Morgan fingerprint density at radius 1 is 1.07 bits per heavy atom. The van der Waals surface area contributed by atoms with Gasteiger partial charge in [0.15, 0.2) is 0 Å². The minimum absolute atomic E-state index is 0.144. The second-order valence-corrected chi connectivity index (χ2v) is 7.97. The molecular weight excluding hydrogens is 340 g/mol. The zero-order valence-corrected chi connectivity index (χ0v) is 16.0. The minimum atomic E-state index is 0.144. The molecule has 0 saturated carbocycles. The summed E-state index contributed by atoms with van der Waals surface area (Å²) in [4.78, 5) is 24.3. The maximum Gasteiger partial charge on any atom is 0.321 e. The van der Waals surface area contributed by atoms with Gasteiger partial charge in [0.05, 0.1) is 41.9 Å². The van der Waals surface area contributed by atoms with Gasteiger partial charge in [-0.3, -0.25) is 4.98 Å². The first kappa shape index (κ1) is 16.5. The van der Waals surface area contributed by atoms with Gasteiger partial charge in [-0.1, -0.05) is 0 Å². The highest BCUT2D eigenvalue weighted by atomic mass is 16.2. The van der Waals surface area contributed by atoms with Crippen LogP contribution in [0.4, 0.5) is 10.5 Å². The summed E-state index contributed by atoms with van der Waals surface area (Å²) in [6.07, 6.45) is 2.76. The predicted octanol–water partition coefficient (Wildman–Crippen LogP) is 2.37. The van der Waals surface area contributed by atoms with Gasteiger partial charge >= 0.3 is 6.03 Å². The first-order valence-corrected chi connectivity index (χ1v) is 9.60. The number of pyridine rings is 1. The zero-order chi connectivity index (χ0) is 18.7. The van der Waals surface area contributed by atoms with Crippen LogP contribution in [0.3, 0.4) is 0 Å². The Morgan fingerprint density at radius 3 is 2.67 bits per heavy atom. The van der Waals surface area contributed by atoms with E-state index in [4.69, 9.17) is 4.98 Å². The van der Waals surface area contributed by atoms with Crippen molar-refractivity contribution in [2.45, 2.75) is 45.8 Å². The molecule has 0 aliphatic carbocycles. The van der Waals surface area contributed by atoms with E-state index >= 15 is 0 Å². The average Bonchev–Trinajstić information content (AvgIpc) is 2.95. The Morgan fingerprint density at radius 2 is 1.89 bits per heavy atom. The van der Waals surface area contributed by atoms with E-state index in [1.165, 1.54) is 11.1 Å². The number of amides is 2. The molecule has 2 aromatic heterocycles. The summed E-state index contributed by atoms with van der Waals surface area (Å²) in [5, 5.41) is 8.05. The van der Waals surface area contributed by atoms with E-state index in [0.717, 1.165) is 48.8 Å². The number of hydrogen-bond donors (Lipinski definition) is 0. The highest BCUT2D eigenvalue weighted by Gasteiger charge is 2.45. The van der Waals surface area contributed by atoms with Crippen molar-refractivity contribution in [2.75, 3.05) is 24.5 Å². The van der Waals surface area contributed by atoms with Crippen LogP contribution in [0, 0.1) is 20.8 Å². The Hall–Kier alpha value is -2.70. The van der Waals surface area contributed by atoms with E-state index in [2.05, 4.69) is 33.0 Å². The number of carbonyl (C=O) groups excluding carboxylic acids is 1. The normalized spacial score (nSPS) is 22.0. The molecule has 27 heavy (non-hydrogen) atoms. The summed E-state index contributed by atoms with van der Waals surface area (Å²) >= 11 is 0. The number of carbonyl (C=O) groups is 1. The van der Waals surface area contributed by atoms with E-state index < -0.39 is 0 Å². The molecule has 0 radical (unpaired) electrons. The van der Waals surface area contributed by atoms with Crippen LogP contribution in [0.15, 0.2) is 18.3 Å². The van der Waals surface area contributed by atoms with Crippen LogP contribution >= 0.6 is 0 Å². The molecule has 2 fully saturated rings. The van der Waals surface area contributed by atoms with Crippen LogP contribution in [0.1, 0.15) is 40.7 Å². The fourth-order valence-corrected chi connectivity index (χ4v) is 4.65. The summed E-state index contributed by atoms with van der Waals surface area (Å²) < 4.78 is 0. The molecule has 0 N–H and O–H groups in total. The Balaban J connectivity index is 1.30. The molecule has 7 heteroatoms. The van der Waals surface area contributed by atoms with Crippen molar-refractivity contribution in [3.63, 3.8) is 0 Å². The largest absolute Gasteiger partial charge is 0.366 e. The van der Waals surface area contributed by atoms with E-state index in [9.17, 15) is 4.79 Å². The van der Waals surface area contributed by atoms with Gasteiger partial charge in [0.2, 0.25) is 0 Å². The van der Waals surface area contributed by atoms with Gasteiger partial charge in [-0.25, -0.2) is 4.79 Å². The van der Waals surface area contributed by atoms with Crippen LogP contribution in [0.2, 0.25) is 0 Å². The molecule has 1 unspecified atom stereocenters. The molecule has 3 aliphatic heterocycles. The second kappa shape index (κ2) is 5.90. The molecule has 7 nitrogen and oxygen atoms in total. The van der Waals surface area contributed by atoms with Crippen molar-refractivity contribution < 1.29 is 4.79 Å². The molecule has 2 aromatic rings. The van der Waals surface area contributed by atoms with E-state index in [1.807, 2.05) is 24.8 Å². The van der Waals surface area contributed by atoms with Crippen LogP contribution in [-0.4, -0.2) is 56.7 Å². The van der Waals surface area contributed by atoms with Gasteiger partial charge in [0.1, 0.15) is 0 Å². The molecule has 2 saturated heterocycles. The van der Waals surface area contributed by atoms with Crippen LogP contribution < -0.4 is 4.90 Å². The highest BCUT2D eigenvalue weighted by Crippen LogP contribution is 2.41.